The normalized spacial score (nSPS) is 10.8. The number of benzene rings is 3. The molecule has 0 aliphatic heterocycles. The number of anilines is 1. The van der Waals surface area contributed by atoms with Crippen LogP contribution in [-0.4, -0.2) is 26.2 Å². The summed E-state index contributed by atoms with van der Waals surface area (Å²) in [5.74, 6) is 0.0699. The van der Waals surface area contributed by atoms with Gasteiger partial charge in [0.1, 0.15) is 12.4 Å². The third-order valence-electron chi connectivity index (χ3n) is 4.32. The van der Waals surface area contributed by atoms with Crippen LogP contribution in [-0.2, 0) is 6.61 Å². The topological polar surface area (TPSA) is 53.9 Å². The van der Waals surface area contributed by atoms with Gasteiger partial charge in [-0.1, -0.05) is 53.5 Å². The predicted molar refractivity (Wildman–Crippen MR) is 123 cm³/mol. The second-order valence-corrected chi connectivity index (χ2v) is 7.55. The summed E-state index contributed by atoms with van der Waals surface area (Å²) in [6, 6.07) is 20.0. The summed E-state index contributed by atoms with van der Waals surface area (Å²) in [6.45, 7) is 0.210. The molecular formula is C23H21Cl2N3O2. The van der Waals surface area contributed by atoms with Crippen molar-refractivity contribution >= 4 is 41.0 Å². The smallest absolute Gasteiger partial charge is 0.275 e. The first-order valence-electron chi connectivity index (χ1n) is 9.20. The number of hydrazone groups is 1. The molecule has 3 aromatic carbocycles. The summed E-state index contributed by atoms with van der Waals surface area (Å²) < 4.78 is 5.82. The van der Waals surface area contributed by atoms with E-state index in [1.807, 2.05) is 43.3 Å². The molecule has 0 spiro atoms. The Balaban J connectivity index is 1.64. The average Bonchev–Trinajstić information content (AvgIpc) is 2.73. The lowest BCUT2D eigenvalue weighted by Gasteiger charge is -2.12. The van der Waals surface area contributed by atoms with E-state index in [1.165, 1.54) is 0 Å². The minimum absolute atomic E-state index is 0.210. The van der Waals surface area contributed by atoms with Crippen molar-refractivity contribution in [3.63, 3.8) is 0 Å². The van der Waals surface area contributed by atoms with Gasteiger partial charge in [-0.25, -0.2) is 5.43 Å². The van der Waals surface area contributed by atoms with Crippen molar-refractivity contribution in [3.8, 4) is 5.75 Å². The number of hydrogen-bond acceptors (Lipinski definition) is 4. The van der Waals surface area contributed by atoms with Crippen LogP contribution < -0.4 is 15.1 Å². The van der Waals surface area contributed by atoms with Gasteiger partial charge >= 0.3 is 0 Å². The number of rotatable bonds is 7. The van der Waals surface area contributed by atoms with E-state index in [9.17, 15) is 4.79 Å². The number of carbonyl (C=O) groups is 1. The van der Waals surface area contributed by atoms with E-state index in [1.54, 1.807) is 48.7 Å². The first-order valence-corrected chi connectivity index (χ1v) is 9.96. The molecule has 0 saturated heterocycles. The fraction of sp³-hybridized carbons (Fsp3) is 0.130. The Morgan fingerprint density at radius 1 is 1.07 bits per heavy atom. The molecule has 7 heteroatoms. The molecule has 0 fully saturated rings. The van der Waals surface area contributed by atoms with Crippen LogP contribution in [0.25, 0.3) is 0 Å². The third kappa shape index (κ3) is 5.75. The van der Waals surface area contributed by atoms with E-state index in [4.69, 9.17) is 27.9 Å². The zero-order valence-electron chi connectivity index (χ0n) is 16.6. The zero-order valence-corrected chi connectivity index (χ0v) is 18.1. The van der Waals surface area contributed by atoms with Crippen LogP contribution >= 0.6 is 23.2 Å². The highest BCUT2D eigenvalue weighted by Gasteiger charge is 2.12. The number of hydrogen-bond donors (Lipinski definition) is 1. The predicted octanol–water partition coefficient (Wildman–Crippen LogP) is 5.40. The van der Waals surface area contributed by atoms with Crippen LogP contribution in [0.3, 0.4) is 0 Å². The lowest BCUT2D eigenvalue weighted by atomic mass is 10.2. The molecule has 3 rings (SSSR count). The van der Waals surface area contributed by atoms with E-state index < -0.39 is 0 Å². The van der Waals surface area contributed by atoms with Gasteiger partial charge in [0.2, 0.25) is 0 Å². The Hall–Kier alpha value is -3.02. The molecule has 1 N–H and O–H groups in total. The number of amides is 1. The number of nitrogens with one attached hydrogen (secondary N) is 1. The van der Waals surface area contributed by atoms with Gasteiger partial charge in [-0.15, -0.1) is 0 Å². The molecule has 0 unspecified atom stereocenters. The second kappa shape index (κ2) is 10.1. The maximum atomic E-state index is 12.6. The van der Waals surface area contributed by atoms with Gasteiger partial charge < -0.3 is 9.64 Å². The molecule has 30 heavy (non-hydrogen) atoms. The van der Waals surface area contributed by atoms with Gasteiger partial charge in [0.25, 0.3) is 5.91 Å². The van der Waals surface area contributed by atoms with Crippen LogP contribution in [0, 0.1) is 0 Å². The SMILES string of the molecule is CN(C)c1ccc(/C=N/NC(=O)c2ccccc2OCc2ccc(Cl)cc2Cl)cc1. The molecular weight excluding hydrogens is 421 g/mol. The van der Waals surface area contributed by atoms with Crippen molar-refractivity contribution in [1.82, 2.24) is 5.43 Å². The van der Waals surface area contributed by atoms with Crippen molar-refractivity contribution in [2.24, 2.45) is 5.10 Å². The van der Waals surface area contributed by atoms with Gasteiger partial charge in [-0.05, 0) is 42.0 Å². The van der Waals surface area contributed by atoms with E-state index in [-0.39, 0.29) is 12.5 Å². The van der Waals surface area contributed by atoms with Crippen LogP contribution in [0.2, 0.25) is 10.0 Å². The van der Waals surface area contributed by atoms with Crippen molar-refractivity contribution in [2.45, 2.75) is 6.61 Å². The summed E-state index contributed by atoms with van der Waals surface area (Å²) in [6.07, 6.45) is 1.59. The highest BCUT2D eigenvalue weighted by Crippen LogP contribution is 2.24. The van der Waals surface area contributed by atoms with Crippen LogP contribution in [0.15, 0.2) is 71.8 Å². The van der Waals surface area contributed by atoms with Crippen LogP contribution in [0.5, 0.6) is 5.75 Å². The van der Waals surface area contributed by atoms with Gasteiger partial charge in [0.15, 0.2) is 0 Å². The number of halogens is 2. The Labute approximate surface area is 185 Å². The maximum absolute atomic E-state index is 12.6. The Morgan fingerprint density at radius 2 is 1.80 bits per heavy atom. The van der Waals surface area contributed by atoms with E-state index >= 15 is 0 Å². The van der Waals surface area contributed by atoms with Crippen molar-refractivity contribution in [2.75, 3.05) is 19.0 Å². The number of nitrogens with zero attached hydrogens (tertiary/aromatic N) is 2. The molecule has 0 saturated carbocycles. The summed E-state index contributed by atoms with van der Waals surface area (Å²) in [5.41, 5.74) is 5.65. The molecule has 154 valence electrons. The van der Waals surface area contributed by atoms with E-state index in [0.29, 0.717) is 21.4 Å². The van der Waals surface area contributed by atoms with E-state index in [0.717, 1.165) is 16.8 Å². The molecule has 0 aromatic heterocycles. The minimum Gasteiger partial charge on any atom is -0.488 e. The Kier molecular flexibility index (Phi) is 7.33. The number of para-hydroxylation sites is 1. The number of carbonyl (C=O) groups excluding carboxylic acids is 1. The molecule has 0 aliphatic rings. The average molecular weight is 442 g/mol. The van der Waals surface area contributed by atoms with E-state index in [2.05, 4.69) is 10.5 Å². The Bertz CT molecular complexity index is 1050. The van der Waals surface area contributed by atoms with Gasteiger partial charge in [0.05, 0.1) is 11.8 Å². The Morgan fingerprint density at radius 3 is 2.50 bits per heavy atom. The van der Waals surface area contributed by atoms with Gasteiger partial charge in [-0.2, -0.15) is 5.10 Å². The summed E-state index contributed by atoms with van der Waals surface area (Å²) in [7, 11) is 3.95. The van der Waals surface area contributed by atoms with Crippen molar-refractivity contribution in [1.29, 1.82) is 0 Å². The van der Waals surface area contributed by atoms with Crippen molar-refractivity contribution < 1.29 is 9.53 Å². The molecule has 0 bridgehead atoms. The summed E-state index contributed by atoms with van der Waals surface area (Å²) >= 11 is 12.1. The fourth-order valence-corrected chi connectivity index (χ4v) is 3.12. The highest BCUT2D eigenvalue weighted by atomic mass is 35.5. The molecule has 0 heterocycles. The van der Waals surface area contributed by atoms with Gasteiger partial charge in [-0.3, -0.25) is 4.79 Å². The quantitative estimate of drug-likeness (QED) is 0.394. The van der Waals surface area contributed by atoms with Crippen molar-refractivity contribution in [3.05, 3.63) is 93.5 Å². The highest BCUT2D eigenvalue weighted by molar-refractivity contribution is 6.35. The lowest BCUT2D eigenvalue weighted by Crippen LogP contribution is -2.18. The first kappa shape index (κ1) is 21.7. The largest absolute Gasteiger partial charge is 0.488 e. The monoisotopic (exact) mass is 441 g/mol. The molecule has 0 atom stereocenters. The maximum Gasteiger partial charge on any atom is 0.275 e. The molecule has 0 radical (unpaired) electrons. The summed E-state index contributed by atoms with van der Waals surface area (Å²) in [5, 5.41) is 5.11. The lowest BCUT2D eigenvalue weighted by molar-refractivity contribution is 0.0950. The third-order valence-corrected chi connectivity index (χ3v) is 4.91. The fourth-order valence-electron chi connectivity index (χ4n) is 2.66. The minimum atomic E-state index is -0.367. The second-order valence-electron chi connectivity index (χ2n) is 6.71. The van der Waals surface area contributed by atoms with Crippen LogP contribution in [0.4, 0.5) is 5.69 Å². The number of ether oxygens (including phenoxy) is 1. The molecule has 0 aliphatic carbocycles. The molecule has 3 aromatic rings. The molecule has 5 nitrogen and oxygen atoms in total. The zero-order chi connectivity index (χ0) is 21.5. The standard InChI is InChI=1S/C23H21Cl2N3O2/c1-28(2)19-11-7-16(8-12-19)14-26-27-23(29)20-5-3-4-6-22(20)30-15-17-9-10-18(24)13-21(17)25/h3-14H,15H2,1-2H3,(H,27,29)/b26-14+. The molecule has 1 amide bonds. The summed E-state index contributed by atoms with van der Waals surface area (Å²) in [4.78, 5) is 14.6. The van der Waals surface area contributed by atoms with Crippen LogP contribution in [0.1, 0.15) is 21.5 Å². The van der Waals surface area contributed by atoms with Gasteiger partial charge in [0, 0.05) is 35.4 Å². The first-order chi connectivity index (χ1) is 14.4.